The van der Waals surface area contributed by atoms with Crippen molar-refractivity contribution in [3.63, 3.8) is 0 Å². The van der Waals surface area contributed by atoms with Crippen LogP contribution in [0.25, 0.3) is 10.9 Å². The summed E-state index contributed by atoms with van der Waals surface area (Å²) in [6.07, 6.45) is 1.66. The van der Waals surface area contributed by atoms with Crippen LogP contribution in [0.15, 0.2) is 48.5 Å². The molecule has 0 unspecified atom stereocenters. The van der Waals surface area contributed by atoms with Crippen LogP contribution < -0.4 is 0 Å². The van der Waals surface area contributed by atoms with Crippen LogP contribution >= 0.6 is 0 Å². The van der Waals surface area contributed by atoms with E-state index in [0.29, 0.717) is 0 Å². The van der Waals surface area contributed by atoms with E-state index in [4.69, 9.17) is 0 Å². The molecule has 1 N–H and O–H groups in total. The monoisotopic (exact) mass is 267 g/mol. The molecule has 0 fully saturated rings. The number of nitrogens with one attached hydrogen (secondary N) is 1. The molecule has 5 nitrogen and oxygen atoms in total. The van der Waals surface area contributed by atoms with Crippen molar-refractivity contribution in [1.29, 1.82) is 0 Å². The molecule has 0 atom stereocenters. The maximum atomic E-state index is 10.8. The lowest BCUT2D eigenvalue weighted by atomic mass is 10.1. The molecule has 1 heterocycles. The number of benzene rings is 2. The molecule has 3 rings (SSSR count). The minimum Gasteiger partial charge on any atom is -0.281 e. The largest absolute Gasteiger partial charge is 0.281 e. The number of non-ortho nitro benzene ring substituents is 1. The Labute approximate surface area is 115 Å². The first-order valence-corrected chi connectivity index (χ1v) is 6.39. The zero-order chi connectivity index (χ0) is 13.9. The molecular formula is C15H13N3O2. The van der Waals surface area contributed by atoms with E-state index < -0.39 is 0 Å². The van der Waals surface area contributed by atoms with Crippen LogP contribution in [-0.2, 0) is 12.8 Å². The SMILES string of the molecule is O=[N+]([O-])c1ccc2n[nH]c(CCc3ccccc3)c2c1. The van der Waals surface area contributed by atoms with Gasteiger partial charge in [-0.15, -0.1) is 0 Å². The highest BCUT2D eigenvalue weighted by Gasteiger charge is 2.11. The highest BCUT2D eigenvalue weighted by Crippen LogP contribution is 2.23. The lowest BCUT2D eigenvalue weighted by Gasteiger charge is -2.00. The summed E-state index contributed by atoms with van der Waals surface area (Å²) >= 11 is 0. The number of rotatable bonds is 4. The summed E-state index contributed by atoms with van der Waals surface area (Å²) in [6, 6.07) is 14.9. The minimum atomic E-state index is -0.382. The van der Waals surface area contributed by atoms with E-state index in [1.54, 1.807) is 12.1 Å². The Bertz CT molecular complexity index is 750. The van der Waals surface area contributed by atoms with Crippen LogP contribution in [0.1, 0.15) is 11.3 Å². The predicted molar refractivity (Wildman–Crippen MR) is 76.6 cm³/mol. The molecule has 0 bridgehead atoms. The lowest BCUT2D eigenvalue weighted by molar-refractivity contribution is -0.384. The van der Waals surface area contributed by atoms with E-state index in [0.717, 1.165) is 29.4 Å². The molecule has 0 saturated carbocycles. The van der Waals surface area contributed by atoms with E-state index in [1.165, 1.54) is 11.6 Å². The van der Waals surface area contributed by atoms with Crippen LogP contribution in [0, 0.1) is 10.1 Å². The smallest absolute Gasteiger partial charge is 0.270 e. The van der Waals surface area contributed by atoms with E-state index in [2.05, 4.69) is 22.3 Å². The predicted octanol–water partition coefficient (Wildman–Crippen LogP) is 3.26. The lowest BCUT2D eigenvalue weighted by Crippen LogP contribution is -1.92. The molecule has 5 heteroatoms. The Morgan fingerprint density at radius 1 is 1.10 bits per heavy atom. The second-order valence-corrected chi connectivity index (χ2v) is 4.65. The zero-order valence-electron chi connectivity index (χ0n) is 10.7. The van der Waals surface area contributed by atoms with Gasteiger partial charge in [-0.3, -0.25) is 15.2 Å². The zero-order valence-corrected chi connectivity index (χ0v) is 10.7. The minimum absolute atomic E-state index is 0.0971. The van der Waals surface area contributed by atoms with Crippen molar-refractivity contribution >= 4 is 16.6 Å². The Morgan fingerprint density at radius 2 is 1.90 bits per heavy atom. The molecule has 0 aliphatic carbocycles. The first-order valence-electron chi connectivity index (χ1n) is 6.39. The van der Waals surface area contributed by atoms with E-state index in [9.17, 15) is 10.1 Å². The number of aromatic nitrogens is 2. The van der Waals surface area contributed by atoms with Gasteiger partial charge in [0.05, 0.1) is 10.4 Å². The third kappa shape index (κ3) is 2.38. The van der Waals surface area contributed by atoms with Gasteiger partial charge in [-0.1, -0.05) is 30.3 Å². The van der Waals surface area contributed by atoms with Crippen molar-refractivity contribution in [1.82, 2.24) is 10.2 Å². The van der Waals surface area contributed by atoms with Gasteiger partial charge in [0, 0.05) is 23.2 Å². The summed E-state index contributed by atoms with van der Waals surface area (Å²) < 4.78 is 0. The second kappa shape index (κ2) is 5.13. The summed E-state index contributed by atoms with van der Waals surface area (Å²) in [5.74, 6) is 0. The van der Waals surface area contributed by atoms with Gasteiger partial charge in [-0.05, 0) is 24.5 Å². The molecule has 3 aromatic rings. The van der Waals surface area contributed by atoms with Crippen molar-refractivity contribution < 1.29 is 4.92 Å². The van der Waals surface area contributed by atoms with Crippen LogP contribution in [0.3, 0.4) is 0 Å². The summed E-state index contributed by atoms with van der Waals surface area (Å²) in [5, 5.41) is 18.8. The van der Waals surface area contributed by atoms with Gasteiger partial charge in [0.2, 0.25) is 0 Å². The van der Waals surface area contributed by atoms with Gasteiger partial charge in [-0.25, -0.2) is 0 Å². The normalized spacial score (nSPS) is 10.8. The van der Waals surface area contributed by atoms with Gasteiger partial charge >= 0.3 is 0 Å². The average molecular weight is 267 g/mol. The van der Waals surface area contributed by atoms with E-state index in [-0.39, 0.29) is 10.6 Å². The Balaban J connectivity index is 1.88. The highest BCUT2D eigenvalue weighted by molar-refractivity contribution is 5.83. The third-order valence-corrected chi connectivity index (χ3v) is 3.33. The van der Waals surface area contributed by atoms with Gasteiger partial charge < -0.3 is 0 Å². The number of aromatic amines is 1. The van der Waals surface area contributed by atoms with E-state index >= 15 is 0 Å². The fourth-order valence-corrected chi connectivity index (χ4v) is 2.27. The molecule has 2 aromatic carbocycles. The van der Waals surface area contributed by atoms with Crippen LogP contribution in [-0.4, -0.2) is 15.1 Å². The number of nitrogens with zero attached hydrogens (tertiary/aromatic N) is 2. The van der Waals surface area contributed by atoms with E-state index in [1.807, 2.05) is 18.2 Å². The number of hydrogen-bond acceptors (Lipinski definition) is 3. The number of nitro groups is 1. The molecule has 0 saturated heterocycles. The quantitative estimate of drug-likeness (QED) is 0.582. The highest BCUT2D eigenvalue weighted by atomic mass is 16.6. The summed E-state index contributed by atoms with van der Waals surface area (Å²) in [7, 11) is 0. The maximum absolute atomic E-state index is 10.8. The fraction of sp³-hybridized carbons (Fsp3) is 0.133. The number of fused-ring (bicyclic) bond motifs is 1. The summed E-state index contributed by atoms with van der Waals surface area (Å²) in [5.41, 5.74) is 3.03. The molecule has 0 radical (unpaired) electrons. The van der Waals surface area contributed by atoms with Crippen molar-refractivity contribution in [2.45, 2.75) is 12.8 Å². The summed E-state index contributed by atoms with van der Waals surface area (Å²) in [6.45, 7) is 0. The first kappa shape index (κ1) is 12.3. The molecule has 0 aliphatic heterocycles. The number of nitro benzene ring substituents is 1. The molecule has 20 heavy (non-hydrogen) atoms. The van der Waals surface area contributed by atoms with Crippen molar-refractivity contribution in [2.24, 2.45) is 0 Å². The van der Waals surface area contributed by atoms with Gasteiger partial charge in [0.1, 0.15) is 0 Å². The molecule has 100 valence electrons. The van der Waals surface area contributed by atoms with Crippen LogP contribution in [0.2, 0.25) is 0 Å². The van der Waals surface area contributed by atoms with Crippen molar-refractivity contribution in [2.75, 3.05) is 0 Å². The Morgan fingerprint density at radius 3 is 2.65 bits per heavy atom. The van der Waals surface area contributed by atoms with Gasteiger partial charge in [-0.2, -0.15) is 5.10 Å². The van der Waals surface area contributed by atoms with Crippen LogP contribution in [0.5, 0.6) is 0 Å². The topological polar surface area (TPSA) is 71.8 Å². The molecule has 0 amide bonds. The maximum Gasteiger partial charge on any atom is 0.270 e. The number of hydrogen-bond donors (Lipinski definition) is 1. The number of aryl methyl sites for hydroxylation is 2. The van der Waals surface area contributed by atoms with Crippen molar-refractivity contribution in [3.8, 4) is 0 Å². The molecule has 0 aliphatic rings. The van der Waals surface area contributed by atoms with Crippen molar-refractivity contribution in [3.05, 3.63) is 69.9 Å². The molecule has 1 aromatic heterocycles. The second-order valence-electron chi connectivity index (χ2n) is 4.65. The fourth-order valence-electron chi connectivity index (χ4n) is 2.27. The third-order valence-electron chi connectivity index (χ3n) is 3.33. The van der Waals surface area contributed by atoms with Gasteiger partial charge in [0.25, 0.3) is 5.69 Å². The average Bonchev–Trinajstić information content (AvgIpc) is 2.88. The molecular weight excluding hydrogens is 254 g/mol. The summed E-state index contributed by atoms with van der Waals surface area (Å²) in [4.78, 5) is 10.5. The Hall–Kier alpha value is -2.69. The standard InChI is InChI=1S/C15H13N3O2/c19-18(20)12-7-9-15-13(10-12)14(16-17-15)8-6-11-4-2-1-3-5-11/h1-5,7,9-10H,6,8H2,(H,16,17). The Kier molecular flexibility index (Phi) is 3.16. The van der Waals surface area contributed by atoms with Gasteiger partial charge in [0.15, 0.2) is 0 Å². The number of H-pyrrole nitrogens is 1. The van der Waals surface area contributed by atoms with Crippen LogP contribution in [0.4, 0.5) is 5.69 Å². The first-order chi connectivity index (χ1) is 9.74. The molecule has 0 spiro atoms.